The third-order valence-electron chi connectivity index (χ3n) is 2.82. The minimum atomic E-state index is 0.144. The fourth-order valence-electron chi connectivity index (χ4n) is 2.14. The molecule has 0 saturated carbocycles. The first-order chi connectivity index (χ1) is 7.63. The smallest absolute Gasteiger partial charge is 0.131 e. The van der Waals surface area contributed by atoms with Crippen LogP contribution in [-0.2, 0) is 6.42 Å². The maximum atomic E-state index is 5.84. The summed E-state index contributed by atoms with van der Waals surface area (Å²) in [7, 11) is 1.71. The van der Waals surface area contributed by atoms with Crippen LogP contribution >= 0.6 is 0 Å². The summed E-state index contributed by atoms with van der Waals surface area (Å²) in [6.45, 7) is 4.09. The Labute approximate surface area is 95.6 Å². The number of benzene rings is 1. The quantitative estimate of drug-likeness (QED) is 0.831. The average Bonchev–Trinajstić information content (AvgIpc) is 2.60. The van der Waals surface area contributed by atoms with Crippen molar-refractivity contribution in [3.63, 3.8) is 0 Å². The van der Waals surface area contributed by atoms with Crippen molar-refractivity contribution >= 4 is 10.9 Å². The number of rotatable bonds is 3. The van der Waals surface area contributed by atoms with Crippen LogP contribution < -0.4 is 10.5 Å². The summed E-state index contributed by atoms with van der Waals surface area (Å²) in [5.41, 5.74) is 9.34. The Bertz CT molecular complexity index is 500. The third-order valence-corrected chi connectivity index (χ3v) is 2.82. The molecule has 1 heterocycles. The fraction of sp³-hybridized carbons (Fsp3) is 0.385. The third kappa shape index (κ3) is 1.78. The second kappa shape index (κ2) is 4.18. The van der Waals surface area contributed by atoms with Gasteiger partial charge in [0.25, 0.3) is 0 Å². The molecule has 3 heteroatoms. The van der Waals surface area contributed by atoms with Gasteiger partial charge in [0, 0.05) is 23.1 Å². The number of aromatic amines is 1. The first kappa shape index (κ1) is 11.0. The standard InChI is InChI=1S/C13H18N2O/c1-8-7-15-11-5-4-10(6-9(2)14)13(16-3)12(8)11/h4-5,7,9,15H,6,14H2,1-3H3. The SMILES string of the molecule is COc1c(CC(C)N)ccc2[nH]cc(C)c12. The number of H-pyrrole nitrogens is 1. The van der Waals surface area contributed by atoms with E-state index >= 15 is 0 Å². The Morgan fingerprint density at radius 1 is 1.44 bits per heavy atom. The number of fused-ring (bicyclic) bond motifs is 1. The maximum Gasteiger partial charge on any atom is 0.131 e. The maximum absolute atomic E-state index is 5.84. The Hall–Kier alpha value is -1.48. The highest BCUT2D eigenvalue weighted by Gasteiger charge is 2.12. The normalized spacial score (nSPS) is 13.0. The van der Waals surface area contributed by atoms with Gasteiger partial charge in [-0.3, -0.25) is 0 Å². The van der Waals surface area contributed by atoms with Crippen molar-refractivity contribution in [2.75, 3.05) is 7.11 Å². The molecule has 1 aromatic heterocycles. The second-order valence-corrected chi connectivity index (χ2v) is 4.33. The molecule has 0 amide bonds. The van der Waals surface area contributed by atoms with Gasteiger partial charge in [-0.1, -0.05) is 6.07 Å². The van der Waals surface area contributed by atoms with Crippen molar-refractivity contribution < 1.29 is 4.74 Å². The van der Waals surface area contributed by atoms with Gasteiger partial charge in [-0.25, -0.2) is 0 Å². The predicted molar refractivity (Wildman–Crippen MR) is 66.9 cm³/mol. The summed E-state index contributed by atoms with van der Waals surface area (Å²) in [5, 5.41) is 1.17. The van der Waals surface area contributed by atoms with Crippen molar-refractivity contribution in [2.24, 2.45) is 5.73 Å². The minimum absolute atomic E-state index is 0.144. The first-order valence-electron chi connectivity index (χ1n) is 5.52. The molecule has 0 aliphatic heterocycles. The van der Waals surface area contributed by atoms with Gasteiger partial charge in [0.05, 0.1) is 7.11 Å². The van der Waals surface area contributed by atoms with E-state index in [1.165, 1.54) is 16.5 Å². The number of ether oxygens (including phenoxy) is 1. The molecule has 3 nitrogen and oxygen atoms in total. The lowest BCUT2D eigenvalue weighted by Crippen LogP contribution is -2.18. The van der Waals surface area contributed by atoms with E-state index in [0.717, 1.165) is 17.7 Å². The fourth-order valence-corrected chi connectivity index (χ4v) is 2.14. The topological polar surface area (TPSA) is 51.0 Å². The van der Waals surface area contributed by atoms with E-state index in [1.54, 1.807) is 7.11 Å². The van der Waals surface area contributed by atoms with Crippen LogP contribution in [0.15, 0.2) is 18.3 Å². The molecule has 0 bridgehead atoms. The molecule has 16 heavy (non-hydrogen) atoms. The van der Waals surface area contributed by atoms with E-state index in [-0.39, 0.29) is 6.04 Å². The molecule has 86 valence electrons. The molecule has 0 aliphatic carbocycles. The van der Waals surface area contributed by atoms with Gasteiger partial charge >= 0.3 is 0 Å². The van der Waals surface area contributed by atoms with Crippen LogP contribution in [0, 0.1) is 6.92 Å². The molecule has 0 saturated heterocycles. The molecular weight excluding hydrogens is 200 g/mol. The molecule has 1 aromatic carbocycles. The van der Waals surface area contributed by atoms with Gasteiger partial charge in [0.2, 0.25) is 0 Å². The van der Waals surface area contributed by atoms with Crippen molar-refractivity contribution in [2.45, 2.75) is 26.3 Å². The monoisotopic (exact) mass is 218 g/mol. The van der Waals surface area contributed by atoms with Gasteiger partial charge in [0.15, 0.2) is 0 Å². The van der Waals surface area contributed by atoms with E-state index in [9.17, 15) is 0 Å². The number of aryl methyl sites for hydroxylation is 1. The molecule has 2 aromatic rings. The highest BCUT2D eigenvalue weighted by molar-refractivity contribution is 5.90. The molecule has 3 N–H and O–H groups in total. The number of hydrogen-bond acceptors (Lipinski definition) is 2. The summed E-state index contributed by atoms with van der Waals surface area (Å²) in [4.78, 5) is 3.23. The summed E-state index contributed by atoms with van der Waals surface area (Å²) < 4.78 is 5.52. The van der Waals surface area contributed by atoms with Gasteiger partial charge < -0.3 is 15.5 Å². The van der Waals surface area contributed by atoms with Crippen LogP contribution in [0.2, 0.25) is 0 Å². The number of nitrogens with two attached hydrogens (primary N) is 1. The number of aromatic nitrogens is 1. The van der Waals surface area contributed by atoms with Crippen molar-refractivity contribution in [1.82, 2.24) is 4.98 Å². The molecule has 0 aliphatic rings. The molecule has 0 radical (unpaired) electrons. The van der Waals surface area contributed by atoms with Crippen LogP contribution in [0.3, 0.4) is 0 Å². The van der Waals surface area contributed by atoms with Crippen molar-refractivity contribution in [3.8, 4) is 5.75 Å². The number of methoxy groups -OCH3 is 1. The van der Waals surface area contributed by atoms with Crippen LogP contribution in [-0.4, -0.2) is 18.1 Å². The Kier molecular flexibility index (Phi) is 2.88. The van der Waals surface area contributed by atoms with Crippen LogP contribution in [0.1, 0.15) is 18.1 Å². The van der Waals surface area contributed by atoms with Gasteiger partial charge in [-0.05, 0) is 37.5 Å². The lowest BCUT2D eigenvalue weighted by molar-refractivity contribution is 0.413. The van der Waals surface area contributed by atoms with E-state index in [1.807, 2.05) is 13.1 Å². The lowest BCUT2D eigenvalue weighted by atomic mass is 10.0. The Balaban J connectivity index is 2.61. The van der Waals surface area contributed by atoms with Gasteiger partial charge in [-0.15, -0.1) is 0 Å². The second-order valence-electron chi connectivity index (χ2n) is 4.33. The average molecular weight is 218 g/mol. The summed E-state index contributed by atoms with van der Waals surface area (Å²) in [6, 6.07) is 4.31. The lowest BCUT2D eigenvalue weighted by Gasteiger charge is -2.12. The van der Waals surface area contributed by atoms with Crippen LogP contribution in [0.5, 0.6) is 5.75 Å². The predicted octanol–water partition coefficient (Wildman–Crippen LogP) is 2.37. The molecule has 0 spiro atoms. The largest absolute Gasteiger partial charge is 0.496 e. The minimum Gasteiger partial charge on any atom is -0.496 e. The molecule has 0 fully saturated rings. The van der Waals surface area contributed by atoms with E-state index < -0.39 is 0 Å². The zero-order valence-corrected chi connectivity index (χ0v) is 10.0. The number of hydrogen-bond donors (Lipinski definition) is 2. The Morgan fingerprint density at radius 3 is 2.81 bits per heavy atom. The van der Waals surface area contributed by atoms with E-state index in [0.29, 0.717) is 0 Å². The molecular formula is C13H18N2O. The van der Waals surface area contributed by atoms with Crippen molar-refractivity contribution in [1.29, 1.82) is 0 Å². The summed E-state index contributed by atoms with van der Waals surface area (Å²) >= 11 is 0. The Morgan fingerprint density at radius 2 is 2.19 bits per heavy atom. The van der Waals surface area contributed by atoms with E-state index in [2.05, 4.69) is 24.0 Å². The zero-order chi connectivity index (χ0) is 11.7. The molecule has 2 rings (SSSR count). The molecule has 1 unspecified atom stereocenters. The number of nitrogens with one attached hydrogen (secondary N) is 1. The summed E-state index contributed by atoms with van der Waals surface area (Å²) in [6.07, 6.45) is 2.84. The van der Waals surface area contributed by atoms with E-state index in [4.69, 9.17) is 10.5 Å². The first-order valence-corrected chi connectivity index (χ1v) is 5.52. The van der Waals surface area contributed by atoms with Crippen LogP contribution in [0.4, 0.5) is 0 Å². The summed E-state index contributed by atoms with van der Waals surface area (Å²) in [5.74, 6) is 0.952. The van der Waals surface area contributed by atoms with Crippen molar-refractivity contribution in [3.05, 3.63) is 29.5 Å². The van der Waals surface area contributed by atoms with Gasteiger partial charge in [0.1, 0.15) is 5.75 Å². The molecule has 1 atom stereocenters. The van der Waals surface area contributed by atoms with Gasteiger partial charge in [-0.2, -0.15) is 0 Å². The zero-order valence-electron chi connectivity index (χ0n) is 10.0. The highest BCUT2D eigenvalue weighted by atomic mass is 16.5. The van der Waals surface area contributed by atoms with Crippen LogP contribution in [0.25, 0.3) is 10.9 Å². The highest BCUT2D eigenvalue weighted by Crippen LogP contribution is 2.32.